The van der Waals surface area contributed by atoms with Gasteiger partial charge in [-0.05, 0) is 74.8 Å². The first-order valence-electron chi connectivity index (χ1n) is 19.5. The van der Waals surface area contributed by atoms with Gasteiger partial charge in [-0.3, -0.25) is 0 Å². The summed E-state index contributed by atoms with van der Waals surface area (Å²) in [7, 11) is 0. The van der Waals surface area contributed by atoms with Crippen LogP contribution in [-0.4, -0.2) is 9.97 Å². The maximum atomic E-state index is 9.70. The quantitative estimate of drug-likeness (QED) is 0.176. The summed E-state index contributed by atoms with van der Waals surface area (Å²) in [6.07, 6.45) is 0. The van der Waals surface area contributed by atoms with E-state index in [2.05, 4.69) is 170 Å². The number of fused-ring (bicyclic) bond motifs is 9. The predicted octanol–water partition coefficient (Wildman–Crippen LogP) is 13.2. The van der Waals surface area contributed by atoms with Crippen molar-refractivity contribution in [1.29, 1.82) is 5.26 Å². The highest BCUT2D eigenvalue weighted by Crippen LogP contribution is 2.64. The van der Waals surface area contributed by atoms with Gasteiger partial charge in [0.15, 0.2) is 5.82 Å². The van der Waals surface area contributed by atoms with E-state index in [4.69, 9.17) is 14.7 Å². The van der Waals surface area contributed by atoms with Gasteiger partial charge in [-0.2, -0.15) is 5.26 Å². The summed E-state index contributed by atoms with van der Waals surface area (Å²) in [6.45, 7) is 0. The lowest BCUT2D eigenvalue weighted by Gasteiger charge is -2.39. The van der Waals surface area contributed by atoms with Gasteiger partial charge in [-0.1, -0.05) is 170 Å². The zero-order chi connectivity index (χ0) is 38.6. The van der Waals surface area contributed by atoms with Crippen molar-refractivity contribution in [1.82, 2.24) is 9.97 Å². The SMILES string of the molecule is N#Cc1ccc(-c2cccc3c2-c2c(-c4nc(-c5ccccc5)cc(-c5ccc(-c6ccccc6)cc5)n4)cccc2C32c3ccccc3Oc3ccccc32)cc1. The number of hydrogen-bond acceptors (Lipinski definition) is 4. The van der Waals surface area contributed by atoms with Crippen LogP contribution in [0.4, 0.5) is 0 Å². The van der Waals surface area contributed by atoms with Crippen molar-refractivity contribution in [2.75, 3.05) is 0 Å². The maximum absolute atomic E-state index is 9.70. The molecule has 2 aliphatic rings. The smallest absolute Gasteiger partial charge is 0.161 e. The molecule has 8 aromatic carbocycles. The fourth-order valence-electron chi connectivity index (χ4n) is 9.08. The molecule has 58 heavy (non-hydrogen) atoms. The first-order valence-corrected chi connectivity index (χ1v) is 19.5. The van der Waals surface area contributed by atoms with Crippen LogP contribution in [0.15, 0.2) is 200 Å². The summed E-state index contributed by atoms with van der Waals surface area (Å²) in [5.41, 5.74) is 15.7. The van der Waals surface area contributed by atoms with E-state index >= 15 is 0 Å². The van der Waals surface area contributed by atoms with Gasteiger partial charge in [0.25, 0.3) is 0 Å². The van der Waals surface area contributed by atoms with Crippen molar-refractivity contribution in [3.8, 4) is 84.9 Å². The van der Waals surface area contributed by atoms with Gasteiger partial charge >= 0.3 is 0 Å². The van der Waals surface area contributed by atoms with Crippen LogP contribution in [0.5, 0.6) is 11.5 Å². The summed E-state index contributed by atoms with van der Waals surface area (Å²) in [4.78, 5) is 10.8. The van der Waals surface area contributed by atoms with E-state index in [1.165, 1.54) is 5.56 Å². The average molecular weight is 740 g/mol. The second-order valence-corrected chi connectivity index (χ2v) is 14.8. The summed E-state index contributed by atoms with van der Waals surface area (Å²) in [5.74, 6) is 2.31. The van der Waals surface area contributed by atoms with Crippen molar-refractivity contribution in [3.05, 3.63) is 228 Å². The second kappa shape index (κ2) is 13.4. The lowest BCUT2D eigenvalue weighted by atomic mass is 9.66. The molecule has 0 saturated heterocycles. The van der Waals surface area contributed by atoms with Crippen LogP contribution in [0.2, 0.25) is 0 Å². The molecule has 0 saturated carbocycles. The Morgan fingerprint density at radius 3 is 1.45 bits per heavy atom. The molecule has 11 rings (SSSR count). The van der Waals surface area contributed by atoms with E-state index in [-0.39, 0.29) is 0 Å². The van der Waals surface area contributed by atoms with Gasteiger partial charge in [0.1, 0.15) is 11.5 Å². The Kier molecular flexibility index (Phi) is 7.74. The number of rotatable bonds is 5. The molecular weight excluding hydrogens is 707 g/mol. The number of benzene rings is 8. The lowest BCUT2D eigenvalue weighted by molar-refractivity contribution is 0.436. The Labute approximate surface area is 337 Å². The summed E-state index contributed by atoms with van der Waals surface area (Å²) >= 11 is 0. The van der Waals surface area contributed by atoms with Crippen molar-refractivity contribution in [2.24, 2.45) is 0 Å². The predicted molar refractivity (Wildman–Crippen MR) is 231 cm³/mol. The molecule has 9 aromatic rings. The molecule has 0 unspecified atom stereocenters. The third kappa shape index (κ3) is 5.15. The van der Waals surface area contributed by atoms with Crippen LogP contribution in [0.3, 0.4) is 0 Å². The van der Waals surface area contributed by atoms with E-state index in [0.717, 1.165) is 89.6 Å². The molecule has 0 radical (unpaired) electrons. The average Bonchev–Trinajstić information content (AvgIpc) is 3.60. The number of hydrogen-bond donors (Lipinski definition) is 0. The lowest BCUT2D eigenvalue weighted by Crippen LogP contribution is -2.32. The van der Waals surface area contributed by atoms with Crippen LogP contribution in [-0.2, 0) is 5.41 Å². The highest BCUT2D eigenvalue weighted by atomic mass is 16.5. The first-order chi connectivity index (χ1) is 28.7. The number of nitriles is 1. The molecule has 2 heterocycles. The Hall–Kier alpha value is -7.87. The molecule has 4 nitrogen and oxygen atoms in total. The van der Waals surface area contributed by atoms with E-state index < -0.39 is 5.41 Å². The minimum atomic E-state index is -0.693. The highest BCUT2D eigenvalue weighted by molar-refractivity contribution is 6.02. The molecule has 1 spiro atoms. The fraction of sp³-hybridized carbons (Fsp3) is 0.0185. The van der Waals surface area contributed by atoms with E-state index in [1.54, 1.807) is 0 Å². The highest BCUT2D eigenvalue weighted by Gasteiger charge is 2.52. The van der Waals surface area contributed by atoms with Crippen LogP contribution in [0.1, 0.15) is 27.8 Å². The minimum absolute atomic E-state index is 0.622. The molecule has 0 amide bonds. The third-order valence-corrected chi connectivity index (χ3v) is 11.6. The topological polar surface area (TPSA) is 58.8 Å². The van der Waals surface area contributed by atoms with Crippen molar-refractivity contribution >= 4 is 0 Å². The minimum Gasteiger partial charge on any atom is -0.457 e. The standard InChI is InChI=1S/C54H33N3O/c55-34-35-25-27-38(28-26-35)41-17-11-21-45-51(41)52-42(18-12-22-46(52)54(45)43-19-7-9-23-49(43)58-50-24-10-8-20-44(50)54)53-56-47(39-15-5-2-6-16-39)33-48(57-53)40-31-29-37(30-32-40)36-13-3-1-4-14-36/h1-33H. The Balaban J connectivity index is 1.21. The van der Waals surface area contributed by atoms with Gasteiger partial charge < -0.3 is 4.74 Å². The molecule has 0 atom stereocenters. The van der Waals surface area contributed by atoms with Gasteiger partial charge in [-0.15, -0.1) is 0 Å². The number of aromatic nitrogens is 2. The molecule has 4 heteroatoms. The molecule has 270 valence electrons. The van der Waals surface area contributed by atoms with Crippen LogP contribution < -0.4 is 4.74 Å². The zero-order valence-corrected chi connectivity index (χ0v) is 31.3. The number of nitrogens with zero attached hydrogens (tertiary/aromatic N) is 3. The van der Waals surface area contributed by atoms with E-state index in [0.29, 0.717) is 11.4 Å². The Bertz CT molecular complexity index is 3030. The molecule has 0 N–H and O–H groups in total. The van der Waals surface area contributed by atoms with E-state index in [1.807, 2.05) is 36.4 Å². The fourth-order valence-corrected chi connectivity index (χ4v) is 9.08. The van der Waals surface area contributed by atoms with Gasteiger partial charge in [0.2, 0.25) is 0 Å². The number of para-hydroxylation sites is 2. The summed E-state index contributed by atoms with van der Waals surface area (Å²) < 4.78 is 6.66. The third-order valence-electron chi connectivity index (χ3n) is 11.6. The molecular formula is C54H33N3O. The van der Waals surface area contributed by atoms with Crippen molar-refractivity contribution < 1.29 is 4.74 Å². The van der Waals surface area contributed by atoms with Crippen LogP contribution >= 0.6 is 0 Å². The van der Waals surface area contributed by atoms with Gasteiger partial charge in [-0.25, -0.2) is 9.97 Å². The van der Waals surface area contributed by atoms with Crippen LogP contribution in [0, 0.1) is 11.3 Å². The largest absolute Gasteiger partial charge is 0.457 e. The summed E-state index contributed by atoms with van der Waals surface area (Å²) in [6, 6.07) is 71.7. The summed E-state index contributed by atoms with van der Waals surface area (Å²) in [5, 5.41) is 9.70. The van der Waals surface area contributed by atoms with Crippen LogP contribution in [0.25, 0.3) is 67.3 Å². The molecule has 0 bridgehead atoms. The maximum Gasteiger partial charge on any atom is 0.161 e. The molecule has 1 aliphatic heterocycles. The van der Waals surface area contributed by atoms with E-state index in [9.17, 15) is 5.26 Å². The van der Waals surface area contributed by atoms with Crippen molar-refractivity contribution in [3.63, 3.8) is 0 Å². The molecule has 1 aliphatic carbocycles. The van der Waals surface area contributed by atoms with Gasteiger partial charge in [0, 0.05) is 27.8 Å². The number of ether oxygens (including phenoxy) is 1. The molecule has 1 aromatic heterocycles. The normalized spacial score (nSPS) is 12.7. The Morgan fingerprint density at radius 1 is 0.397 bits per heavy atom. The second-order valence-electron chi connectivity index (χ2n) is 14.8. The first kappa shape index (κ1) is 33.5. The van der Waals surface area contributed by atoms with Gasteiger partial charge in [0.05, 0.1) is 28.4 Å². The Morgan fingerprint density at radius 2 is 0.845 bits per heavy atom. The zero-order valence-electron chi connectivity index (χ0n) is 31.3. The molecule has 0 fully saturated rings. The van der Waals surface area contributed by atoms with Crippen molar-refractivity contribution in [2.45, 2.75) is 5.41 Å². The monoisotopic (exact) mass is 739 g/mol.